The Morgan fingerprint density at radius 2 is 1.96 bits per heavy atom. The van der Waals surface area contributed by atoms with E-state index in [2.05, 4.69) is 34.8 Å². The van der Waals surface area contributed by atoms with E-state index in [4.69, 9.17) is 0 Å². The van der Waals surface area contributed by atoms with E-state index in [1.807, 2.05) is 32.2 Å². The highest BCUT2D eigenvalue weighted by molar-refractivity contribution is 5.51. The molecule has 0 saturated carbocycles. The zero-order valence-electron chi connectivity index (χ0n) is 13.8. The van der Waals surface area contributed by atoms with E-state index in [1.165, 1.54) is 0 Å². The van der Waals surface area contributed by atoms with Crippen LogP contribution in [0.1, 0.15) is 36.1 Å². The number of anilines is 1. The second kappa shape index (κ2) is 5.99. The minimum Gasteiger partial charge on any atom is -0.341 e. The van der Waals surface area contributed by atoms with Gasteiger partial charge >= 0.3 is 0 Å². The molecule has 0 amide bonds. The molecule has 0 aliphatic carbocycles. The Labute approximate surface area is 140 Å². The van der Waals surface area contributed by atoms with E-state index in [9.17, 15) is 0 Å². The Hall–Kier alpha value is -2.83. The van der Waals surface area contributed by atoms with Crippen LogP contribution in [-0.2, 0) is 0 Å². The quantitative estimate of drug-likeness (QED) is 0.798. The van der Waals surface area contributed by atoms with Gasteiger partial charge in [-0.05, 0) is 38.8 Å². The van der Waals surface area contributed by atoms with Gasteiger partial charge < -0.3 is 9.88 Å². The molecule has 4 rings (SSSR count). The predicted molar refractivity (Wildman–Crippen MR) is 90.4 cm³/mol. The van der Waals surface area contributed by atoms with Crippen LogP contribution in [0.25, 0.3) is 11.5 Å². The Kier molecular flexibility index (Phi) is 3.68. The summed E-state index contributed by atoms with van der Waals surface area (Å²) in [6.45, 7) is 4.84. The fraction of sp³-hybridized carbons (Fsp3) is 0.353. The third-order valence-electron chi connectivity index (χ3n) is 4.21. The summed E-state index contributed by atoms with van der Waals surface area (Å²) in [7, 11) is 0. The molecule has 24 heavy (non-hydrogen) atoms. The Balaban J connectivity index is 1.72. The average molecular weight is 321 g/mol. The topological polar surface area (TPSA) is 83.5 Å². The first-order chi connectivity index (χ1) is 11.7. The lowest BCUT2D eigenvalue weighted by Gasteiger charge is -2.24. The first-order valence-electron chi connectivity index (χ1n) is 8.12. The molecule has 1 fully saturated rings. The van der Waals surface area contributed by atoms with Crippen LogP contribution in [0.5, 0.6) is 0 Å². The predicted octanol–water partition coefficient (Wildman–Crippen LogP) is 2.62. The van der Waals surface area contributed by atoms with Crippen LogP contribution in [0.3, 0.4) is 0 Å². The molecule has 7 nitrogen and oxygen atoms in total. The minimum absolute atomic E-state index is 0.170. The number of aromatic nitrogens is 6. The summed E-state index contributed by atoms with van der Waals surface area (Å²) in [4.78, 5) is 27.8. The number of aromatic amines is 1. The molecule has 3 aromatic heterocycles. The summed E-state index contributed by atoms with van der Waals surface area (Å²) in [6.07, 6.45) is 7.50. The largest absolute Gasteiger partial charge is 0.341 e. The maximum Gasteiger partial charge on any atom is 0.225 e. The lowest BCUT2D eigenvalue weighted by molar-refractivity contribution is 0.673. The van der Waals surface area contributed by atoms with Crippen molar-refractivity contribution in [1.29, 1.82) is 0 Å². The summed E-state index contributed by atoms with van der Waals surface area (Å²) in [5.74, 6) is 2.28. The molecular formula is C17H19N7. The lowest BCUT2D eigenvalue weighted by atomic mass is 10.1. The normalized spacial score (nSPS) is 17.4. The molecule has 1 aliphatic rings. The molecule has 0 unspecified atom stereocenters. The van der Waals surface area contributed by atoms with Crippen LogP contribution < -0.4 is 4.90 Å². The number of H-pyrrole nitrogens is 1. The number of hydrogen-bond donors (Lipinski definition) is 1. The van der Waals surface area contributed by atoms with Crippen LogP contribution in [0, 0.1) is 13.8 Å². The van der Waals surface area contributed by atoms with Gasteiger partial charge in [0, 0.05) is 30.8 Å². The number of imidazole rings is 1. The van der Waals surface area contributed by atoms with Crippen molar-refractivity contribution in [3.63, 3.8) is 0 Å². The Morgan fingerprint density at radius 1 is 1.12 bits per heavy atom. The molecule has 0 bridgehead atoms. The lowest BCUT2D eigenvalue weighted by Crippen LogP contribution is -2.25. The summed E-state index contributed by atoms with van der Waals surface area (Å²) in [5.41, 5.74) is 2.84. The van der Waals surface area contributed by atoms with E-state index in [-0.39, 0.29) is 6.04 Å². The first kappa shape index (κ1) is 14.7. The van der Waals surface area contributed by atoms with Crippen LogP contribution in [0.15, 0.2) is 30.7 Å². The minimum atomic E-state index is 0.170. The van der Waals surface area contributed by atoms with Crippen LogP contribution in [0.2, 0.25) is 0 Å². The van der Waals surface area contributed by atoms with Crippen molar-refractivity contribution in [2.24, 2.45) is 0 Å². The molecule has 3 aromatic rings. The van der Waals surface area contributed by atoms with Crippen LogP contribution in [-0.4, -0.2) is 36.4 Å². The van der Waals surface area contributed by atoms with E-state index >= 15 is 0 Å². The van der Waals surface area contributed by atoms with Gasteiger partial charge in [-0.3, -0.25) is 0 Å². The van der Waals surface area contributed by atoms with Crippen LogP contribution >= 0.6 is 0 Å². The fourth-order valence-corrected chi connectivity index (χ4v) is 3.18. The highest BCUT2D eigenvalue weighted by Crippen LogP contribution is 2.34. The molecule has 4 heterocycles. The first-order valence-corrected chi connectivity index (χ1v) is 8.12. The summed E-state index contributed by atoms with van der Waals surface area (Å²) in [6, 6.07) is 4.03. The molecule has 1 N–H and O–H groups in total. The van der Waals surface area contributed by atoms with Crippen molar-refractivity contribution < 1.29 is 0 Å². The number of hydrogen-bond acceptors (Lipinski definition) is 6. The zero-order valence-corrected chi connectivity index (χ0v) is 13.8. The second-order valence-corrected chi connectivity index (χ2v) is 6.04. The fourth-order valence-electron chi connectivity index (χ4n) is 3.18. The van der Waals surface area contributed by atoms with Crippen molar-refractivity contribution >= 4 is 5.95 Å². The monoisotopic (exact) mass is 321 g/mol. The van der Waals surface area contributed by atoms with Gasteiger partial charge in [-0.2, -0.15) is 0 Å². The average Bonchev–Trinajstić information content (AvgIpc) is 3.24. The van der Waals surface area contributed by atoms with Gasteiger partial charge in [-0.25, -0.2) is 24.9 Å². The number of nitrogens with one attached hydrogen (secondary N) is 1. The van der Waals surface area contributed by atoms with E-state index in [0.717, 1.165) is 54.1 Å². The SMILES string of the molecule is Cc1nc(-c2ncc(C)[nH]2)cc([C@@H]2CCCN2c2ncccn2)n1. The molecule has 1 aliphatic heterocycles. The number of rotatable bonds is 3. The highest BCUT2D eigenvalue weighted by atomic mass is 15.3. The Morgan fingerprint density at radius 3 is 2.71 bits per heavy atom. The number of aryl methyl sites for hydroxylation is 2. The molecular weight excluding hydrogens is 302 g/mol. The molecule has 0 radical (unpaired) electrons. The van der Waals surface area contributed by atoms with Crippen molar-refractivity contribution in [1.82, 2.24) is 29.9 Å². The summed E-state index contributed by atoms with van der Waals surface area (Å²) < 4.78 is 0. The molecule has 1 atom stereocenters. The smallest absolute Gasteiger partial charge is 0.225 e. The summed E-state index contributed by atoms with van der Waals surface area (Å²) >= 11 is 0. The van der Waals surface area contributed by atoms with Gasteiger partial charge in [-0.1, -0.05) is 0 Å². The van der Waals surface area contributed by atoms with E-state index in [0.29, 0.717) is 0 Å². The van der Waals surface area contributed by atoms with Crippen LogP contribution in [0.4, 0.5) is 5.95 Å². The highest BCUT2D eigenvalue weighted by Gasteiger charge is 2.29. The maximum absolute atomic E-state index is 4.67. The van der Waals surface area contributed by atoms with Gasteiger partial charge in [0.25, 0.3) is 0 Å². The maximum atomic E-state index is 4.67. The number of nitrogens with zero attached hydrogens (tertiary/aromatic N) is 6. The zero-order chi connectivity index (χ0) is 16.5. The van der Waals surface area contributed by atoms with E-state index < -0.39 is 0 Å². The van der Waals surface area contributed by atoms with E-state index in [1.54, 1.807) is 12.4 Å². The van der Waals surface area contributed by atoms with Crippen molar-refractivity contribution in [3.8, 4) is 11.5 Å². The second-order valence-electron chi connectivity index (χ2n) is 6.04. The third-order valence-corrected chi connectivity index (χ3v) is 4.21. The summed E-state index contributed by atoms with van der Waals surface area (Å²) in [5, 5.41) is 0. The van der Waals surface area contributed by atoms with Crippen molar-refractivity contribution in [2.45, 2.75) is 32.7 Å². The molecule has 0 aromatic carbocycles. The third kappa shape index (κ3) is 2.73. The van der Waals surface area contributed by atoms with Gasteiger partial charge in [0.15, 0.2) is 5.82 Å². The molecule has 0 spiro atoms. The standard InChI is InChI=1S/C17H19N7/c1-11-10-20-16(21-11)14-9-13(22-12(2)23-14)15-5-3-8-24(15)17-18-6-4-7-19-17/h4,6-7,9-10,15H,3,5,8H2,1-2H3,(H,20,21)/t15-/m0/s1. The molecule has 7 heteroatoms. The Bertz CT molecular complexity index is 843. The van der Waals surface area contributed by atoms with Gasteiger partial charge in [-0.15, -0.1) is 0 Å². The van der Waals surface area contributed by atoms with Gasteiger partial charge in [0.2, 0.25) is 5.95 Å². The van der Waals surface area contributed by atoms with Gasteiger partial charge in [0.1, 0.15) is 11.5 Å². The van der Waals surface area contributed by atoms with Gasteiger partial charge in [0.05, 0.1) is 11.7 Å². The molecule has 122 valence electrons. The molecule has 1 saturated heterocycles. The van der Waals surface area contributed by atoms with Crippen molar-refractivity contribution in [2.75, 3.05) is 11.4 Å². The van der Waals surface area contributed by atoms with Crippen molar-refractivity contribution in [3.05, 3.63) is 47.9 Å².